The van der Waals surface area contributed by atoms with E-state index in [1.807, 2.05) is 0 Å². The number of rotatable bonds is 5. The van der Waals surface area contributed by atoms with Crippen LogP contribution < -0.4 is 16.4 Å². The Kier molecular flexibility index (Phi) is 5.35. The number of anilines is 2. The lowest BCUT2D eigenvalue weighted by Gasteiger charge is -2.21. The fourth-order valence-electron chi connectivity index (χ4n) is 4.56. The molecular weight excluding hydrogens is 520 g/mol. The summed E-state index contributed by atoms with van der Waals surface area (Å²) in [6.45, 7) is 1.43. The van der Waals surface area contributed by atoms with Crippen LogP contribution in [0.5, 0.6) is 0 Å². The Morgan fingerprint density at radius 1 is 1.21 bits per heavy atom. The lowest BCUT2D eigenvalue weighted by Crippen LogP contribution is -2.48. The molecule has 10 nitrogen and oxygen atoms in total. The highest BCUT2D eigenvalue weighted by atomic mass is 19.4. The molecule has 4 aromatic rings. The summed E-state index contributed by atoms with van der Waals surface area (Å²) in [7, 11) is 0. The first-order chi connectivity index (χ1) is 18.4. The van der Waals surface area contributed by atoms with Crippen molar-refractivity contribution in [3.05, 3.63) is 65.0 Å². The van der Waals surface area contributed by atoms with E-state index < -0.39 is 34.9 Å². The maximum Gasteiger partial charge on any atom is 0.434 e. The van der Waals surface area contributed by atoms with E-state index in [0.29, 0.717) is 5.56 Å². The molecule has 1 aromatic carbocycles. The largest absolute Gasteiger partial charge is 0.434 e. The van der Waals surface area contributed by atoms with Crippen molar-refractivity contribution in [2.75, 3.05) is 11.1 Å². The third-order valence-electron chi connectivity index (χ3n) is 6.78. The second-order valence-electron chi connectivity index (χ2n) is 9.72. The van der Waals surface area contributed by atoms with Crippen molar-refractivity contribution in [2.24, 2.45) is 0 Å². The smallest absolute Gasteiger partial charge is 0.383 e. The van der Waals surface area contributed by atoms with Crippen LogP contribution in [0.2, 0.25) is 0 Å². The molecule has 3 aromatic heterocycles. The molecule has 39 heavy (non-hydrogen) atoms. The first kappa shape index (κ1) is 24.7. The number of nitrogen functional groups attached to an aromatic ring is 1. The highest BCUT2D eigenvalue weighted by molar-refractivity contribution is 6.21. The van der Waals surface area contributed by atoms with Crippen molar-refractivity contribution in [1.29, 1.82) is 0 Å². The molecule has 1 fully saturated rings. The van der Waals surface area contributed by atoms with Gasteiger partial charge >= 0.3 is 6.18 Å². The van der Waals surface area contributed by atoms with Gasteiger partial charge in [0, 0.05) is 24.9 Å². The van der Waals surface area contributed by atoms with Gasteiger partial charge in [-0.1, -0.05) is 12.1 Å². The predicted octanol–water partition coefficient (Wildman–Crippen LogP) is 3.01. The molecule has 4 N–H and O–H groups in total. The molecule has 4 heterocycles. The van der Waals surface area contributed by atoms with Crippen LogP contribution in [0.4, 0.5) is 29.2 Å². The van der Waals surface area contributed by atoms with Crippen molar-refractivity contribution in [3.8, 4) is 11.5 Å². The molecule has 1 unspecified atom stereocenters. The average molecular weight is 540 g/mol. The Morgan fingerprint density at radius 2 is 1.97 bits per heavy atom. The third-order valence-corrected chi connectivity index (χ3v) is 6.78. The van der Waals surface area contributed by atoms with Gasteiger partial charge in [-0.2, -0.15) is 13.2 Å². The van der Waals surface area contributed by atoms with Crippen LogP contribution in [0.3, 0.4) is 0 Å². The number of carbonyl (C=O) groups is 2. The van der Waals surface area contributed by atoms with Gasteiger partial charge in [-0.3, -0.25) is 9.59 Å². The number of hydrogen-bond donors (Lipinski definition) is 3. The number of hydrogen-bond acceptors (Lipinski definition) is 7. The summed E-state index contributed by atoms with van der Waals surface area (Å²) in [6.07, 6.45) is -1.07. The average Bonchev–Trinajstić information content (AvgIpc) is 3.48. The highest BCUT2D eigenvalue weighted by Crippen LogP contribution is 2.41. The summed E-state index contributed by atoms with van der Waals surface area (Å²) in [4.78, 5) is 42.6. The molecule has 0 saturated heterocycles. The molecule has 1 aliphatic carbocycles. The number of benzene rings is 1. The first-order valence-corrected chi connectivity index (χ1v) is 11.9. The lowest BCUT2D eigenvalue weighted by molar-refractivity contribution is -0.141. The summed E-state index contributed by atoms with van der Waals surface area (Å²) in [6, 6.07) is 5.56. The molecule has 0 bridgehead atoms. The fraction of sp³-hybridized carbons (Fsp3) is 0.280. The summed E-state index contributed by atoms with van der Waals surface area (Å²) in [5, 5.41) is 5.37. The van der Waals surface area contributed by atoms with Crippen LogP contribution in [0, 0.1) is 5.82 Å². The summed E-state index contributed by atoms with van der Waals surface area (Å²) in [5.74, 6) is -1.92. The molecule has 1 aliphatic heterocycles. The summed E-state index contributed by atoms with van der Waals surface area (Å²) in [5.41, 5.74) is 4.04. The SMILES string of the molecule is CC1(C(=O)NC2CC2)C(=O)Nc2nc(-c3cn4cc(C(F)(F)F)nc4c(Cc4cccc(F)c4)n3)nc(N)c21. The molecule has 14 heteroatoms. The zero-order chi connectivity index (χ0) is 27.7. The third kappa shape index (κ3) is 4.21. The zero-order valence-electron chi connectivity index (χ0n) is 20.3. The Morgan fingerprint density at radius 3 is 2.67 bits per heavy atom. The zero-order valence-corrected chi connectivity index (χ0v) is 20.3. The molecule has 200 valence electrons. The second-order valence-corrected chi connectivity index (χ2v) is 9.72. The Hall–Kier alpha value is -4.62. The van der Waals surface area contributed by atoms with Crippen molar-refractivity contribution in [2.45, 2.75) is 43.8 Å². The topological polar surface area (TPSA) is 140 Å². The van der Waals surface area contributed by atoms with E-state index in [4.69, 9.17) is 5.73 Å². The Labute approximate surface area is 217 Å². The van der Waals surface area contributed by atoms with Crippen LogP contribution in [0.1, 0.15) is 42.3 Å². The van der Waals surface area contributed by atoms with Crippen molar-refractivity contribution in [3.63, 3.8) is 0 Å². The van der Waals surface area contributed by atoms with Crippen molar-refractivity contribution in [1.82, 2.24) is 29.7 Å². The number of carbonyl (C=O) groups excluding carboxylic acids is 2. The van der Waals surface area contributed by atoms with Crippen LogP contribution in [-0.4, -0.2) is 42.2 Å². The van der Waals surface area contributed by atoms with Gasteiger partial charge in [0.05, 0.1) is 11.3 Å². The number of imidazole rings is 1. The molecular formula is C25H20F4N8O2. The lowest BCUT2D eigenvalue weighted by atomic mass is 9.83. The van der Waals surface area contributed by atoms with Crippen LogP contribution in [0.25, 0.3) is 17.2 Å². The monoisotopic (exact) mass is 540 g/mol. The van der Waals surface area contributed by atoms with Gasteiger partial charge in [0.2, 0.25) is 11.8 Å². The highest BCUT2D eigenvalue weighted by Gasteiger charge is 2.53. The quantitative estimate of drug-likeness (QED) is 0.261. The molecule has 0 radical (unpaired) electrons. The maximum atomic E-state index is 13.8. The number of nitrogens with two attached hydrogens (primary N) is 1. The Balaban J connectivity index is 1.47. The summed E-state index contributed by atoms with van der Waals surface area (Å²) >= 11 is 0. The molecule has 1 saturated carbocycles. The van der Waals surface area contributed by atoms with E-state index in [-0.39, 0.29) is 52.5 Å². The molecule has 6 rings (SSSR count). The minimum absolute atomic E-state index is 0.00296. The van der Waals surface area contributed by atoms with Gasteiger partial charge in [0.15, 0.2) is 22.6 Å². The van der Waals surface area contributed by atoms with Gasteiger partial charge in [-0.25, -0.2) is 24.3 Å². The van der Waals surface area contributed by atoms with E-state index in [1.54, 1.807) is 6.07 Å². The van der Waals surface area contributed by atoms with Crippen LogP contribution >= 0.6 is 0 Å². The van der Waals surface area contributed by atoms with Gasteiger partial charge in [0.25, 0.3) is 0 Å². The standard InChI is InChI=1S/C25H20F4N8O2/c1-24(22(38)31-13-5-6-13)17-18(30)34-19(35-20(17)36-23(24)39)15-9-37-10-16(25(27,28)29)33-21(37)14(32-15)8-11-3-2-4-12(26)7-11/h2-4,7,9-10,13H,5-6,8H2,1H3,(H,31,38)(H3,30,34,35,36,39). The van der Waals surface area contributed by atoms with E-state index in [9.17, 15) is 27.2 Å². The number of fused-ring (bicyclic) bond motifs is 2. The molecule has 1 atom stereocenters. The minimum Gasteiger partial charge on any atom is -0.383 e. The molecule has 2 amide bonds. The first-order valence-electron chi connectivity index (χ1n) is 11.9. The number of nitrogens with one attached hydrogen (secondary N) is 2. The van der Waals surface area contributed by atoms with Gasteiger partial charge in [-0.05, 0) is 37.5 Å². The molecule has 2 aliphatic rings. The van der Waals surface area contributed by atoms with E-state index in [0.717, 1.165) is 23.4 Å². The van der Waals surface area contributed by atoms with Gasteiger partial charge in [0.1, 0.15) is 23.1 Å². The van der Waals surface area contributed by atoms with Crippen LogP contribution in [0.15, 0.2) is 36.7 Å². The Bertz CT molecular complexity index is 1680. The van der Waals surface area contributed by atoms with Crippen LogP contribution in [-0.2, 0) is 27.6 Å². The number of halogens is 4. The number of alkyl halides is 3. The van der Waals surface area contributed by atoms with Crippen molar-refractivity contribution < 1.29 is 27.2 Å². The number of aromatic nitrogens is 5. The van der Waals surface area contributed by atoms with Crippen molar-refractivity contribution >= 4 is 29.1 Å². The number of nitrogens with zero attached hydrogens (tertiary/aromatic N) is 5. The van der Waals surface area contributed by atoms with Gasteiger partial charge in [-0.15, -0.1) is 0 Å². The normalized spacial score (nSPS) is 18.7. The number of amides is 2. The minimum atomic E-state index is -4.72. The second kappa shape index (κ2) is 8.44. The maximum absolute atomic E-state index is 13.8. The molecule has 0 spiro atoms. The van der Waals surface area contributed by atoms with E-state index >= 15 is 0 Å². The van der Waals surface area contributed by atoms with E-state index in [2.05, 4.69) is 30.6 Å². The summed E-state index contributed by atoms with van der Waals surface area (Å²) < 4.78 is 55.3. The van der Waals surface area contributed by atoms with Gasteiger partial charge < -0.3 is 20.8 Å². The predicted molar refractivity (Wildman–Crippen MR) is 130 cm³/mol. The van der Waals surface area contributed by atoms with E-state index in [1.165, 1.54) is 31.3 Å². The fourth-order valence-corrected chi connectivity index (χ4v) is 4.56.